The summed E-state index contributed by atoms with van der Waals surface area (Å²) in [7, 11) is -1.59. The third-order valence-electron chi connectivity index (χ3n) is 5.90. The maximum atomic E-state index is 12.1. The van der Waals surface area contributed by atoms with E-state index in [1.165, 1.54) is 11.7 Å². The molecule has 0 saturated carbocycles. The van der Waals surface area contributed by atoms with Crippen LogP contribution in [-0.4, -0.2) is 53.8 Å². The molecule has 3 rings (SSSR count). The van der Waals surface area contributed by atoms with Crippen LogP contribution in [0, 0.1) is 0 Å². The fourth-order valence-electron chi connectivity index (χ4n) is 3.14. The Bertz CT molecular complexity index is 919. The minimum Gasteiger partial charge on any atom is -0.399 e. The fourth-order valence-corrected chi connectivity index (χ4v) is 3.90. The van der Waals surface area contributed by atoms with E-state index in [2.05, 4.69) is 29.8 Å². The van der Waals surface area contributed by atoms with Gasteiger partial charge in [-0.2, -0.15) is 9.90 Å². The summed E-state index contributed by atoms with van der Waals surface area (Å²) in [4.78, 5) is 13.6. The molecule has 0 N–H and O–H groups in total. The van der Waals surface area contributed by atoms with Gasteiger partial charge in [0.15, 0.2) is 18.2 Å². The van der Waals surface area contributed by atoms with Gasteiger partial charge in [0.05, 0.1) is 11.2 Å². The Balaban J connectivity index is 1.75. The zero-order chi connectivity index (χ0) is 23.0. The maximum absolute atomic E-state index is 12.1. The van der Waals surface area contributed by atoms with Crippen molar-refractivity contribution in [2.24, 2.45) is 0 Å². The minimum atomic E-state index is -1.16. The van der Waals surface area contributed by atoms with Crippen LogP contribution in [0.4, 0.5) is 0 Å². The number of nitrogens with zero attached hydrogens (tertiary/aromatic N) is 3. The van der Waals surface area contributed by atoms with Crippen molar-refractivity contribution in [1.29, 1.82) is 0 Å². The number of ketones is 1. The molecule has 9 heteroatoms. The monoisotopic (exact) mass is 443 g/mol. The highest BCUT2D eigenvalue weighted by molar-refractivity contribution is 6.76. The number of Topliss-reactive ketones (excluding diaryl/α,β-unsaturated/α-hetero) is 1. The van der Waals surface area contributed by atoms with Gasteiger partial charge in [0.1, 0.15) is 5.69 Å². The Labute approximate surface area is 186 Å². The van der Waals surface area contributed by atoms with Crippen molar-refractivity contribution in [3.05, 3.63) is 30.0 Å². The predicted molar refractivity (Wildman–Crippen MR) is 125 cm³/mol. The number of benzene rings is 1. The number of ether oxygens (including phenoxy) is 1. The molecule has 0 atom stereocenters. The van der Waals surface area contributed by atoms with Crippen molar-refractivity contribution >= 4 is 26.4 Å². The van der Waals surface area contributed by atoms with Gasteiger partial charge in [0.25, 0.3) is 0 Å². The lowest BCUT2D eigenvalue weighted by Gasteiger charge is -2.32. The van der Waals surface area contributed by atoms with E-state index >= 15 is 0 Å². The lowest BCUT2D eigenvalue weighted by Crippen LogP contribution is -2.41. The van der Waals surface area contributed by atoms with Crippen molar-refractivity contribution < 1.29 is 18.8 Å². The first-order valence-electron chi connectivity index (χ1n) is 10.8. The third kappa shape index (κ3) is 5.52. The lowest BCUT2D eigenvalue weighted by molar-refractivity contribution is 0.00578. The first-order chi connectivity index (χ1) is 14.3. The Morgan fingerprint density at radius 2 is 1.65 bits per heavy atom. The molecule has 1 aliphatic rings. The van der Waals surface area contributed by atoms with Gasteiger partial charge in [0, 0.05) is 27.2 Å². The maximum Gasteiger partial charge on any atom is 0.494 e. The van der Waals surface area contributed by atoms with Crippen LogP contribution in [0.2, 0.25) is 25.7 Å². The Kier molecular flexibility index (Phi) is 6.63. The molecular weight excluding hydrogens is 409 g/mol. The van der Waals surface area contributed by atoms with E-state index in [1.807, 2.05) is 52.0 Å². The standard InChI is InChI=1S/C22H34BN3O4Si/c1-16(27)19-20(25-26(24-19)15-28-13-14-31(6,7)8)17-9-11-18(12-10-17)23-29-21(2,3)22(4,5)30-23/h9-12H,13-15H2,1-8H3. The number of hydrogen-bond acceptors (Lipinski definition) is 6. The summed E-state index contributed by atoms with van der Waals surface area (Å²) in [6, 6.07) is 8.82. The molecule has 0 spiro atoms. The zero-order valence-corrected chi connectivity index (χ0v) is 21.0. The first kappa shape index (κ1) is 23.8. The normalized spacial score (nSPS) is 17.9. The summed E-state index contributed by atoms with van der Waals surface area (Å²) >= 11 is 0. The van der Waals surface area contributed by atoms with E-state index in [0.717, 1.165) is 17.1 Å². The molecule has 1 aromatic heterocycles. The minimum absolute atomic E-state index is 0.126. The summed E-state index contributed by atoms with van der Waals surface area (Å²) in [6.07, 6.45) is 0. The second-order valence-corrected chi connectivity index (χ2v) is 16.0. The highest BCUT2D eigenvalue weighted by atomic mass is 28.3. The Hall–Kier alpha value is -1.81. The summed E-state index contributed by atoms with van der Waals surface area (Å²) in [5.74, 6) is -0.126. The number of carbonyl (C=O) groups excluding carboxylic acids is 1. The number of rotatable bonds is 8. The van der Waals surface area contributed by atoms with E-state index in [-0.39, 0.29) is 12.5 Å². The van der Waals surface area contributed by atoms with Crippen LogP contribution in [0.5, 0.6) is 0 Å². The summed E-state index contributed by atoms with van der Waals surface area (Å²) in [5.41, 5.74) is 1.86. The molecule has 1 aromatic carbocycles. The van der Waals surface area contributed by atoms with Gasteiger partial charge >= 0.3 is 7.12 Å². The molecule has 168 valence electrons. The molecule has 0 aliphatic carbocycles. The molecular formula is C22H34BN3O4Si. The number of carbonyl (C=O) groups is 1. The van der Waals surface area contributed by atoms with Gasteiger partial charge in [-0.1, -0.05) is 43.9 Å². The average Bonchev–Trinajstić information content (AvgIpc) is 3.17. The van der Waals surface area contributed by atoms with Crippen LogP contribution in [-0.2, 0) is 20.8 Å². The molecule has 31 heavy (non-hydrogen) atoms. The highest BCUT2D eigenvalue weighted by Gasteiger charge is 2.51. The van der Waals surface area contributed by atoms with E-state index in [9.17, 15) is 4.79 Å². The van der Waals surface area contributed by atoms with Crippen LogP contribution in [0.1, 0.15) is 45.1 Å². The van der Waals surface area contributed by atoms with E-state index in [4.69, 9.17) is 14.0 Å². The first-order valence-corrected chi connectivity index (χ1v) is 14.5. The summed E-state index contributed by atoms with van der Waals surface area (Å²) < 4.78 is 18.0. The van der Waals surface area contributed by atoms with E-state index < -0.39 is 26.4 Å². The molecule has 1 fully saturated rings. The largest absolute Gasteiger partial charge is 0.494 e. The Morgan fingerprint density at radius 1 is 1.06 bits per heavy atom. The van der Waals surface area contributed by atoms with E-state index in [1.54, 1.807) is 0 Å². The van der Waals surface area contributed by atoms with Crippen molar-refractivity contribution in [2.75, 3.05) is 6.61 Å². The highest BCUT2D eigenvalue weighted by Crippen LogP contribution is 2.36. The molecule has 2 aromatic rings. The molecule has 0 amide bonds. The summed E-state index contributed by atoms with van der Waals surface area (Å²) in [6.45, 7) is 17.5. The fraction of sp³-hybridized carbons (Fsp3) is 0.591. The van der Waals surface area contributed by atoms with Crippen LogP contribution < -0.4 is 5.46 Å². The van der Waals surface area contributed by atoms with Crippen LogP contribution in [0.25, 0.3) is 11.3 Å². The quantitative estimate of drug-likeness (QED) is 0.351. The molecule has 1 aliphatic heterocycles. The van der Waals surface area contributed by atoms with Crippen LogP contribution in [0.3, 0.4) is 0 Å². The molecule has 0 bridgehead atoms. The zero-order valence-electron chi connectivity index (χ0n) is 20.0. The Morgan fingerprint density at radius 3 is 2.16 bits per heavy atom. The second-order valence-electron chi connectivity index (χ2n) is 10.4. The van der Waals surface area contributed by atoms with Gasteiger partial charge in [-0.25, -0.2) is 0 Å². The molecule has 0 radical (unpaired) electrons. The second kappa shape index (κ2) is 8.61. The van der Waals surface area contributed by atoms with Crippen molar-refractivity contribution in [3.8, 4) is 11.3 Å². The SMILES string of the molecule is CC(=O)c1nn(COCC[Si](C)(C)C)nc1-c1ccc(B2OC(C)(C)C(C)(C)O2)cc1. The predicted octanol–water partition coefficient (Wildman–Crippen LogP) is 3.76. The topological polar surface area (TPSA) is 75.5 Å². The van der Waals surface area contributed by atoms with Gasteiger partial charge < -0.3 is 14.0 Å². The van der Waals surface area contributed by atoms with Crippen molar-refractivity contribution in [3.63, 3.8) is 0 Å². The smallest absolute Gasteiger partial charge is 0.399 e. The number of hydrogen-bond donors (Lipinski definition) is 0. The van der Waals surface area contributed by atoms with Crippen LogP contribution in [0.15, 0.2) is 24.3 Å². The molecule has 0 unspecified atom stereocenters. The van der Waals surface area contributed by atoms with Gasteiger partial charge in [0.2, 0.25) is 0 Å². The van der Waals surface area contributed by atoms with Gasteiger partial charge in [-0.05, 0) is 39.2 Å². The molecule has 1 saturated heterocycles. The van der Waals surface area contributed by atoms with Crippen LogP contribution >= 0.6 is 0 Å². The molecule has 2 heterocycles. The average molecular weight is 443 g/mol. The lowest BCUT2D eigenvalue weighted by atomic mass is 9.78. The molecule has 7 nitrogen and oxygen atoms in total. The number of aromatic nitrogens is 3. The summed E-state index contributed by atoms with van der Waals surface area (Å²) in [5, 5.41) is 8.87. The van der Waals surface area contributed by atoms with Gasteiger partial charge in [-0.3, -0.25) is 4.79 Å². The van der Waals surface area contributed by atoms with E-state index in [0.29, 0.717) is 18.0 Å². The van der Waals surface area contributed by atoms with Crippen molar-refractivity contribution in [1.82, 2.24) is 15.0 Å². The van der Waals surface area contributed by atoms with Gasteiger partial charge in [-0.15, -0.1) is 5.10 Å². The third-order valence-corrected chi connectivity index (χ3v) is 7.61. The van der Waals surface area contributed by atoms with Crippen molar-refractivity contribution in [2.45, 2.75) is 78.2 Å².